The monoisotopic (exact) mass is 698 g/mol. The number of carbonyl (C=O) groups is 2. The molecule has 0 spiro atoms. The lowest BCUT2D eigenvalue weighted by Gasteiger charge is -2.51. The van der Waals surface area contributed by atoms with Gasteiger partial charge >= 0.3 is 5.69 Å². The molecular formula is C38H47ClN8O3. The summed E-state index contributed by atoms with van der Waals surface area (Å²) >= 11 is 6.47. The molecule has 5 aliphatic heterocycles. The topological polar surface area (TPSA) is 124 Å². The fourth-order valence-electron chi connectivity index (χ4n) is 9.15. The van der Waals surface area contributed by atoms with Crippen molar-refractivity contribution in [3.05, 3.63) is 69.2 Å². The summed E-state index contributed by atoms with van der Waals surface area (Å²) in [5.41, 5.74) is 10.7. The van der Waals surface area contributed by atoms with E-state index in [2.05, 4.69) is 19.8 Å². The highest BCUT2D eigenvalue weighted by Gasteiger charge is 2.40. The number of amides is 2. The van der Waals surface area contributed by atoms with Crippen molar-refractivity contribution in [2.24, 2.45) is 11.8 Å². The van der Waals surface area contributed by atoms with Gasteiger partial charge < -0.3 is 25.4 Å². The molecule has 12 heteroatoms. The molecule has 0 saturated carbocycles. The SMILES string of the molecule is Cc1cc(C[C@@H](CC(=O)N2CCC(n3c(=O)[nH]c4c5ccccc5ncc43)CC2)C(=O)N2CCN(C3CN4CCC3CC4)CC2)cc(Cl)c1N. The van der Waals surface area contributed by atoms with E-state index in [9.17, 15) is 14.4 Å². The first kappa shape index (κ1) is 33.2. The first-order chi connectivity index (χ1) is 24.2. The number of rotatable bonds is 7. The Morgan fingerprint density at radius 3 is 2.42 bits per heavy atom. The number of piperazine rings is 1. The Balaban J connectivity index is 0.951. The minimum atomic E-state index is -0.502. The van der Waals surface area contributed by atoms with E-state index in [1.807, 2.05) is 57.7 Å². The third kappa shape index (κ3) is 6.28. The number of aromatic nitrogens is 3. The highest BCUT2D eigenvalue weighted by atomic mass is 35.5. The van der Waals surface area contributed by atoms with Crippen LogP contribution < -0.4 is 11.4 Å². The van der Waals surface area contributed by atoms with Gasteiger partial charge in [-0.2, -0.15) is 0 Å². The standard InChI is InChI=1S/C38H47ClN8O3/c1-24-18-25(20-30(39)35(24)40)19-27(37(49)46-16-14-44(15-17-46)33-23-43-10-6-26(33)7-11-43)21-34(48)45-12-8-28(9-13-45)47-32-22-41-31-5-3-2-4-29(31)36(32)42-38(47)50/h2-5,18,20,22,26-28,33H,6-17,19,21,23,40H2,1H3,(H,42,50)/t27-,33?/m0/s1. The van der Waals surface area contributed by atoms with E-state index in [-0.39, 0.29) is 30.0 Å². The zero-order chi connectivity index (χ0) is 34.5. The number of para-hydroxylation sites is 1. The highest BCUT2D eigenvalue weighted by molar-refractivity contribution is 6.33. The summed E-state index contributed by atoms with van der Waals surface area (Å²) in [4.78, 5) is 58.1. The van der Waals surface area contributed by atoms with Crippen molar-refractivity contribution < 1.29 is 9.59 Å². The molecule has 0 aliphatic carbocycles. The van der Waals surface area contributed by atoms with Crippen molar-refractivity contribution in [2.75, 3.05) is 64.6 Å². The highest BCUT2D eigenvalue weighted by Crippen LogP contribution is 2.33. The molecule has 2 bridgehead atoms. The maximum atomic E-state index is 14.3. The van der Waals surface area contributed by atoms with Crippen LogP contribution in [0.3, 0.4) is 0 Å². The van der Waals surface area contributed by atoms with Crippen molar-refractivity contribution in [1.29, 1.82) is 0 Å². The Labute approximate surface area is 297 Å². The van der Waals surface area contributed by atoms with E-state index >= 15 is 0 Å². The number of H-pyrrole nitrogens is 1. The van der Waals surface area contributed by atoms with Crippen molar-refractivity contribution >= 4 is 51.0 Å². The van der Waals surface area contributed by atoms with Crippen LogP contribution in [0.25, 0.3) is 21.9 Å². The number of halogens is 1. The number of aryl methyl sites for hydroxylation is 1. The van der Waals surface area contributed by atoms with Crippen molar-refractivity contribution in [3.8, 4) is 0 Å². The maximum absolute atomic E-state index is 14.3. The Hall–Kier alpha value is -3.93. The number of benzene rings is 2. The van der Waals surface area contributed by atoms with E-state index in [4.69, 9.17) is 17.3 Å². The summed E-state index contributed by atoms with van der Waals surface area (Å²) in [6.45, 7) is 9.67. The number of nitrogens with two attached hydrogens (primary N) is 1. The average molecular weight is 699 g/mol. The fourth-order valence-corrected chi connectivity index (χ4v) is 9.44. The normalized spacial score (nSPS) is 23.9. The molecule has 5 aliphatic rings. The van der Waals surface area contributed by atoms with E-state index < -0.39 is 5.92 Å². The van der Waals surface area contributed by atoms with Gasteiger partial charge in [-0.05, 0) is 81.3 Å². The van der Waals surface area contributed by atoms with Crippen LogP contribution in [-0.2, 0) is 16.0 Å². The minimum Gasteiger partial charge on any atom is -0.397 e. The van der Waals surface area contributed by atoms with Gasteiger partial charge in [0, 0.05) is 69.7 Å². The Morgan fingerprint density at radius 2 is 1.72 bits per heavy atom. The van der Waals surface area contributed by atoms with E-state index in [1.165, 1.54) is 25.9 Å². The molecule has 264 valence electrons. The summed E-state index contributed by atoms with van der Waals surface area (Å²) in [6.07, 6.45) is 6.19. The number of nitrogens with zero attached hydrogens (tertiary/aromatic N) is 6. The Bertz CT molecular complexity index is 1940. The number of hydrogen-bond donors (Lipinski definition) is 2. The van der Waals surface area contributed by atoms with E-state index in [0.717, 1.165) is 58.6 Å². The van der Waals surface area contributed by atoms with Crippen molar-refractivity contribution in [2.45, 2.75) is 57.5 Å². The average Bonchev–Trinajstić information content (AvgIpc) is 3.50. The maximum Gasteiger partial charge on any atom is 0.326 e. The zero-order valence-electron chi connectivity index (χ0n) is 28.8. The number of piperidine rings is 4. The predicted octanol–water partition coefficient (Wildman–Crippen LogP) is 4.07. The number of fused-ring (bicyclic) bond motifs is 6. The second-order valence-electron chi connectivity index (χ2n) is 14.9. The zero-order valence-corrected chi connectivity index (χ0v) is 29.6. The quantitative estimate of drug-likeness (QED) is 0.279. The van der Waals surface area contributed by atoms with Gasteiger partial charge in [0.25, 0.3) is 0 Å². The fraction of sp³-hybridized carbons (Fsp3) is 0.526. The minimum absolute atomic E-state index is 0.0232. The van der Waals surface area contributed by atoms with Crippen LogP contribution in [0.15, 0.2) is 47.4 Å². The lowest BCUT2D eigenvalue weighted by molar-refractivity contribution is -0.143. The summed E-state index contributed by atoms with van der Waals surface area (Å²) in [6, 6.07) is 12.2. The molecule has 7 heterocycles. The number of aromatic amines is 1. The summed E-state index contributed by atoms with van der Waals surface area (Å²) in [7, 11) is 0. The summed E-state index contributed by atoms with van der Waals surface area (Å²) < 4.78 is 1.81. The van der Waals surface area contributed by atoms with Crippen molar-refractivity contribution in [1.82, 2.24) is 34.1 Å². The Morgan fingerprint density at radius 1 is 0.980 bits per heavy atom. The van der Waals surface area contributed by atoms with Crippen LogP contribution >= 0.6 is 11.6 Å². The van der Waals surface area contributed by atoms with Crippen LogP contribution in [0, 0.1) is 18.8 Å². The third-order valence-electron chi connectivity index (χ3n) is 12.0. The predicted molar refractivity (Wildman–Crippen MR) is 196 cm³/mol. The first-order valence-corrected chi connectivity index (χ1v) is 18.7. The molecule has 2 aromatic carbocycles. The molecule has 5 saturated heterocycles. The van der Waals surface area contributed by atoms with Crippen LogP contribution in [0.1, 0.15) is 49.3 Å². The van der Waals surface area contributed by atoms with Crippen LogP contribution in [-0.4, -0.2) is 111 Å². The smallest absolute Gasteiger partial charge is 0.326 e. The number of likely N-dealkylation sites (tertiary alicyclic amines) is 1. The second-order valence-corrected chi connectivity index (χ2v) is 15.3. The van der Waals surface area contributed by atoms with Gasteiger partial charge in [0.05, 0.1) is 39.4 Å². The number of nitrogen functional groups attached to an aromatic ring is 1. The molecule has 1 unspecified atom stereocenters. The molecule has 11 nitrogen and oxygen atoms in total. The number of carbonyl (C=O) groups excluding carboxylic acids is 2. The second kappa shape index (κ2) is 13.7. The molecule has 2 aromatic heterocycles. The molecule has 9 rings (SSSR count). The number of nitrogens with one attached hydrogen (secondary N) is 1. The van der Waals surface area contributed by atoms with Gasteiger partial charge in [0.2, 0.25) is 11.8 Å². The number of pyridine rings is 1. The van der Waals surface area contributed by atoms with E-state index in [1.54, 1.807) is 6.20 Å². The molecule has 0 radical (unpaired) electrons. The van der Waals surface area contributed by atoms with Gasteiger partial charge in [-0.1, -0.05) is 35.9 Å². The third-order valence-corrected chi connectivity index (χ3v) is 12.3. The Kier molecular flexibility index (Phi) is 9.07. The molecule has 4 aromatic rings. The van der Waals surface area contributed by atoms with Gasteiger partial charge in [-0.3, -0.25) is 24.0 Å². The van der Waals surface area contributed by atoms with Crippen molar-refractivity contribution in [3.63, 3.8) is 0 Å². The molecule has 5 fully saturated rings. The van der Waals surface area contributed by atoms with Crippen LogP contribution in [0.5, 0.6) is 0 Å². The summed E-state index contributed by atoms with van der Waals surface area (Å²) in [5, 5.41) is 1.39. The van der Waals surface area contributed by atoms with Gasteiger partial charge in [0.1, 0.15) is 0 Å². The van der Waals surface area contributed by atoms with Gasteiger partial charge in [-0.25, -0.2) is 4.79 Å². The number of imidazole rings is 1. The largest absolute Gasteiger partial charge is 0.397 e. The first-order valence-electron chi connectivity index (χ1n) is 18.3. The number of hydrogen-bond acceptors (Lipinski definition) is 7. The molecule has 50 heavy (non-hydrogen) atoms. The molecular weight excluding hydrogens is 652 g/mol. The van der Waals surface area contributed by atoms with Gasteiger partial charge in [-0.15, -0.1) is 0 Å². The van der Waals surface area contributed by atoms with Crippen LogP contribution in [0.4, 0.5) is 5.69 Å². The lowest BCUT2D eigenvalue weighted by Crippen LogP contribution is -2.61. The lowest BCUT2D eigenvalue weighted by atomic mass is 9.83. The molecule has 3 N–H and O–H groups in total. The number of anilines is 1. The summed E-state index contributed by atoms with van der Waals surface area (Å²) in [5.74, 6) is 0.280. The molecule has 2 atom stereocenters. The van der Waals surface area contributed by atoms with E-state index in [0.29, 0.717) is 62.2 Å². The van der Waals surface area contributed by atoms with Gasteiger partial charge in [0.15, 0.2) is 0 Å². The van der Waals surface area contributed by atoms with Crippen LogP contribution in [0.2, 0.25) is 5.02 Å². The molecule has 2 amide bonds.